The van der Waals surface area contributed by atoms with Crippen LogP contribution in [0.5, 0.6) is 5.75 Å². The number of ether oxygens (including phenoxy) is 1. The van der Waals surface area contributed by atoms with Gasteiger partial charge in [0.15, 0.2) is 0 Å². The standard InChI is InChI=1S/C26H24N6O5/c1-37-15-6-7-21-17(8-15)19(12-31(21)10-14(27)11-32(28)13-22(33)34)24-23(25(35)30-26(24)36)18-9-29-20-5-3-2-4-16(18)20/h2-9,11-12,29H,10,13,27-28H2,1H3,(H,33,34)(H,30,35,36)/b14-11-. The average Bonchev–Trinajstić information content (AvgIpc) is 3.50. The number of fused-ring (bicyclic) bond motifs is 2. The fourth-order valence-electron chi connectivity index (χ4n) is 4.63. The largest absolute Gasteiger partial charge is 0.497 e. The molecule has 2 amide bonds. The van der Waals surface area contributed by atoms with Gasteiger partial charge < -0.3 is 30.1 Å². The molecule has 188 valence electrons. The zero-order chi connectivity index (χ0) is 26.3. The summed E-state index contributed by atoms with van der Waals surface area (Å²) in [4.78, 5) is 40.3. The van der Waals surface area contributed by atoms with Crippen molar-refractivity contribution in [2.45, 2.75) is 6.54 Å². The molecule has 1 aliphatic heterocycles. The van der Waals surface area contributed by atoms with E-state index in [9.17, 15) is 14.4 Å². The number of para-hydroxylation sites is 1. The number of aliphatic carboxylic acids is 1. The molecule has 3 heterocycles. The number of nitrogens with two attached hydrogens (primary N) is 2. The van der Waals surface area contributed by atoms with Crippen molar-refractivity contribution in [1.82, 2.24) is 19.9 Å². The fourth-order valence-corrected chi connectivity index (χ4v) is 4.63. The number of nitrogens with zero attached hydrogens (tertiary/aromatic N) is 2. The second-order valence-corrected chi connectivity index (χ2v) is 8.61. The number of rotatable bonds is 8. The SMILES string of the molecule is COc1ccc2c(c1)c(C1=C(c3c[nH]c4ccccc34)C(=O)NC1=O)cn2C/C(N)=C/N(N)CC(=O)O. The van der Waals surface area contributed by atoms with Crippen LogP contribution in [0.4, 0.5) is 0 Å². The predicted octanol–water partition coefficient (Wildman–Crippen LogP) is 1.76. The lowest BCUT2D eigenvalue weighted by molar-refractivity contribution is -0.137. The lowest BCUT2D eigenvalue weighted by Gasteiger charge is -2.13. The molecule has 0 radical (unpaired) electrons. The predicted molar refractivity (Wildman–Crippen MR) is 138 cm³/mol. The van der Waals surface area contributed by atoms with E-state index in [1.54, 1.807) is 36.2 Å². The van der Waals surface area contributed by atoms with Crippen LogP contribution in [0.1, 0.15) is 11.1 Å². The quantitative estimate of drug-likeness (QED) is 0.138. The summed E-state index contributed by atoms with van der Waals surface area (Å²) < 4.78 is 7.22. The maximum Gasteiger partial charge on any atom is 0.324 e. The van der Waals surface area contributed by atoms with Gasteiger partial charge in [-0.2, -0.15) is 0 Å². The Morgan fingerprint density at radius 1 is 1.11 bits per heavy atom. The van der Waals surface area contributed by atoms with Gasteiger partial charge >= 0.3 is 5.97 Å². The van der Waals surface area contributed by atoms with Crippen LogP contribution in [0.15, 0.2) is 66.8 Å². The van der Waals surface area contributed by atoms with Gasteiger partial charge in [-0.1, -0.05) is 18.2 Å². The van der Waals surface area contributed by atoms with Crippen LogP contribution >= 0.6 is 0 Å². The number of carbonyl (C=O) groups excluding carboxylic acids is 2. The molecule has 0 spiro atoms. The van der Waals surface area contributed by atoms with Gasteiger partial charge in [0.1, 0.15) is 12.3 Å². The highest BCUT2D eigenvalue weighted by Crippen LogP contribution is 2.39. The van der Waals surface area contributed by atoms with Gasteiger partial charge in [-0.25, -0.2) is 5.84 Å². The molecule has 37 heavy (non-hydrogen) atoms. The van der Waals surface area contributed by atoms with E-state index in [2.05, 4.69) is 10.3 Å². The topological polar surface area (TPSA) is 169 Å². The Morgan fingerprint density at radius 2 is 1.84 bits per heavy atom. The molecule has 7 N–H and O–H groups in total. The van der Waals surface area contributed by atoms with E-state index in [4.69, 9.17) is 21.4 Å². The maximum absolute atomic E-state index is 13.1. The number of aromatic amines is 1. The number of carboxylic acids is 1. The highest BCUT2D eigenvalue weighted by Gasteiger charge is 2.35. The first kappa shape index (κ1) is 23.7. The Morgan fingerprint density at radius 3 is 2.57 bits per heavy atom. The number of hydrazine groups is 1. The zero-order valence-corrected chi connectivity index (χ0v) is 19.8. The van der Waals surface area contributed by atoms with Crippen molar-refractivity contribution in [3.63, 3.8) is 0 Å². The third-order valence-electron chi connectivity index (χ3n) is 6.15. The third-order valence-corrected chi connectivity index (χ3v) is 6.15. The number of amides is 2. The molecule has 0 saturated carbocycles. The van der Waals surface area contributed by atoms with Crippen molar-refractivity contribution in [3.8, 4) is 5.75 Å². The molecule has 2 aromatic carbocycles. The van der Waals surface area contributed by atoms with Gasteiger partial charge in [-0.3, -0.25) is 19.7 Å². The summed E-state index contributed by atoms with van der Waals surface area (Å²) in [6.45, 7) is -0.264. The number of carbonyl (C=O) groups is 3. The average molecular weight is 501 g/mol. The lowest BCUT2D eigenvalue weighted by atomic mass is 9.95. The van der Waals surface area contributed by atoms with E-state index >= 15 is 0 Å². The summed E-state index contributed by atoms with van der Waals surface area (Å²) in [7, 11) is 1.54. The summed E-state index contributed by atoms with van der Waals surface area (Å²) in [5, 5.41) is 13.8. The van der Waals surface area contributed by atoms with Crippen molar-refractivity contribution >= 4 is 50.7 Å². The summed E-state index contributed by atoms with van der Waals surface area (Å²) >= 11 is 0. The monoisotopic (exact) mass is 500 g/mol. The van der Waals surface area contributed by atoms with Crippen molar-refractivity contribution in [2.75, 3.05) is 13.7 Å². The van der Waals surface area contributed by atoms with E-state index in [0.717, 1.165) is 21.4 Å². The van der Waals surface area contributed by atoms with Crippen LogP contribution in [0.2, 0.25) is 0 Å². The van der Waals surface area contributed by atoms with E-state index < -0.39 is 24.3 Å². The molecule has 0 atom stereocenters. The molecule has 4 aromatic rings. The number of benzene rings is 2. The molecule has 11 heteroatoms. The summed E-state index contributed by atoms with van der Waals surface area (Å²) in [5.41, 5.74) is 9.67. The van der Waals surface area contributed by atoms with E-state index in [1.807, 2.05) is 30.3 Å². The molecule has 0 fully saturated rings. The highest BCUT2D eigenvalue weighted by atomic mass is 16.5. The lowest BCUT2D eigenvalue weighted by Crippen LogP contribution is -2.32. The Labute approximate surface area is 210 Å². The Balaban J connectivity index is 1.69. The maximum atomic E-state index is 13.1. The van der Waals surface area contributed by atoms with Crippen LogP contribution in [0.25, 0.3) is 33.0 Å². The number of allylic oxidation sites excluding steroid dienone is 1. The van der Waals surface area contributed by atoms with E-state index in [1.165, 1.54) is 6.20 Å². The number of hydrogen-bond acceptors (Lipinski definition) is 7. The number of methoxy groups -OCH3 is 1. The minimum absolute atomic E-state index is 0.154. The van der Waals surface area contributed by atoms with Crippen molar-refractivity contribution in [2.24, 2.45) is 11.6 Å². The number of aromatic nitrogens is 2. The molecular weight excluding hydrogens is 476 g/mol. The second-order valence-electron chi connectivity index (χ2n) is 8.61. The molecule has 2 aromatic heterocycles. The summed E-state index contributed by atoms with van der Waals surface area (Å²) in [6.07, 6.45) is 4.80. The van der Waals surface area contributed by atoms with Gasteiger partial charge in [-0.15, -0.1) is 0 Å². The van der Waals surface area contributed by atoms with Gasteiger partial charge in [0, 0.05) is 57.2 Å². The molecule has 0 aliphatic carbocycles. The van der Waals surface area contributed by atoms with Crippen LogP contribution < -0.4 is 21.6 Å². The van der Waals surface area contributed by atoms with Gasteiger partial charge in [0.25, 0.3) is 11.8 Å². The number of hydrogen-bond donors (Lipinski definition) is 5. The van der Waals surface area contributed by atoms with Crippen LogP contribution in [-0.2, 0) is 20.9 Å². The van der Waals surface area contributed by atoms with Crippen molar-refractivity contribution < 1.29 is 24.2 Å². The van der Waals surface area contributed by atoms with Gasteiger partial charge in [0.05, 0.1) is 24.8 Å². The smallest absolute Gasteiger partial charge is 0.324 e. The first-order chi connectivity index (χ1) is 17.8. The molecule has 0 unspecified atom stereocenters. The minimum atomic E-state index is -1.10. The normalized spacial score (nSPS) is 14.1. The highest BCUT2D eigenvalue weighted by molar-refractivity contribution is 6.50. The van der Waals surface area contributed by atoms with Crippen molar-refractivity contribution in [1.29, 1.82) is 0 Å². The Hall–Kier alpha value is -5.03. The molecular formula is C26H24N6O5. The number of imide groups is 1. The summed E-state index contributed by atoms with van der Waals surface area (Å²) in [6, 6.07) is 12.9. The zero-order valence-electron chi connectivity index (χ0n) is 19.8. The number of carboxylic acid groups (broad SMARTS) is 1. The number of H-pyrrole nitrogens is 1. The first-order valence-electron chi connectivity index (χ1n) is 11.3. The first-order valence-corrected chi connectivity index (χ1v) is 11.3. The van der Waals surface area contributed by atoms with E-state index in [-0.39, 0.29) is 17.7 Å². The third kappa shape index (κ3) is 4.28. The molecule has 11 nitrogen and oxygen atoms in total. The van der Waals surface area contributed by atoms with E-state index in [0.29, 0.717) is 28.0 Å². The molecule has 1 aliphatic rings. The molecule has 0 bridgehead atoms. The van der Waals surface area contributed by atoms with Crippen LogP contribution in [0, 0.1) is 0 Å². The fraction of sp³-hybridized carbons (Fsp3) is 0.115. The number of nitrogens with one attached hydrogen (secondary N) is 2. The molecule has 0 saturated heterocycles. The van der Waals surface area contributed by atoms with Crippen LogP contribution in [-0.4, -0.2) is 51.1 Å². The van der Waals surface area contributed by atoms with Crippen molar-refractivity contribution in [3.05, 3.63) is 77.9 Å². The molecule has 5 rings (SSSR count). The second kappa shape index (κ2) is 9.21. The Bertz CT molecular complexity index is 1640. The van der Waals surface area contributed by atoms with Gasteiger partial charge in [0.2, 0.25) is 0 Å². The Kier molecular flexibility index (Phi) is 5.90. The minimum Gasteiger partial charge on any atom is -0.497 e. The van der Waals surface area contributed by atoms with Gasteiger partial charge in [-0.05, 0) is 24.3 Å². The summed E-state index contributed by atoms with van der Waals surface area (Å²) in [5.74, 6) is 4.19. The van der Waals surface area contributed by atoms with Crippen LogP contribution in [0.3, 0.4) is 0 Å².